The molecule has 2 N–H and O–H groups in total. The van der Waals surface area contributed by atoms with Gasteiger partial charge in [-0.25, -0.2) is 4.79 Å². The molecule has 1 saturated carbocycles. The quantitative estimate of drug-likeness (QED) is 0.439. The van der Waals surface area contributed by atoms with Gasteiger partial charge in [-0.3, -0.25) is 19.8 Å². The monoisotopic (exact) mass is 411 g/mol. The summed E-state index contributed by atoms with van der Waals surface area (Å²) in [6.07, 6.45) is 2.20. The topological polar surface area (TPSA) is 104 Å². The zero-order valence-corrected chi connectivity index (χ0v) is 17.6. The van der Waals surface area contributed by atoms with Crippen LogP contribution >= 0.6 is 23.1 Å². The Balaban J connectivity index is 1.67. The molecule has 0 radical (unpaired) electrons. The van der Waals surface area contributed by atoms with Crippen LogP contribution in [0.5, 0.6) is 0 Å². The number of urea groups is 1. The maximum atomic E-state index is 13.0. The molecule has 2 fully saturated rings. The number of hydrogen-bond donors (Lipinski definition) is 2. The average Bonchev–Trinajstić information content (AvgIpc) is 3.04. The third-order valence-electron chi connectivity index (χ3n) is 4.85. The van der Waals surface area contributed by atoms with Gasteiger partial charge in [-0.2, -0.15) is 0 Å². The molecular weight excluding hydrogens is 386 g/mol. The van der Waals surface area contributed by atoms with Gasteiger partial charge in [0.25, 0.3) is 5.91 Å². The minimum absolute atomic E-state index is 0.0429. The molecule has 1 spiro atoms. The number of carbonyl (C=O) groups excluding carboxylic acids is 3. The fraction of sp³-hybridized carbons (Fsp3) is 0.706. The van der Waals surface area contributed by atoms with Gasteiger partial charge in [-0.15, -0.1) is 10.2 Å². The molecule has 1 aliphatic carbocycles. The van der Waals surface area contributed by atoms with Crippen LogP contribution < -0.4 is 10.6 Å². The van der Waals surface area contributed by atoms with Gasteiger partial charge in [0, 0.05) is 0 Å². The fourth-order valence-corrected chi connectivity index (χ4v) is 6.06. The second-order valence-corrected chi connectivity index (χ2v) is 10.6. The lowest BCUT2D eigenvalue weighted by Crippen LogP contribution is -2.54. The number of thioether (sulfide) groups is 1. The van der Waals surface area contributed by atoms with E-state index in [9.17, 15) is 14.4 Å². The summed E-state index contributed by atoms with van der Waals surface area (Å²) < 4.78 is 0.764. The highest BCUT2D eigenvalue weighted by molar-refractivity contribution is 8.01. The summed E-state index contributed by atoms with van der Waals surface area (Å²) in [5.41, 5.74) is -0.940. The molecule has 2 heterocycles. The molecule has 1 aliphatic heterocycles. The average molecular weight is 412 g/mol. The summed E-state index contributed by atoms with van der Waals surface area (Å²) in [5.74, 6) is 0.425. The Labute approximate surface area is 166 Å². The van der Waals surface area contributed by atoms with Crippen molar-refractivity contribution in [1.29, 1.82) is 0 Å². The molecule has 1 saturated heterocycles. The SMILES string of the molecule is CCSc1nnc(NC(=O)CN2C(=O)N[C@@]3(C[C@H](C)CC(C)(C)C3)C2=O)s1. The normalized spacial score (nSPS) is 27.1. The lowest BCUT2D eigenvalue weighted by molar-refractivity contribution is -0.136. The van der Waals surface area contributed by atoms with Crippen molar-refractivity contribution in [3.8, 4) is 0 Å². The number of carbonyl (C=O) groups is 3. The van der Waals surface area contributed by atoms with Gasteiger partial charge in [0.05, 0.1) is 0 Å². The highest BCUT2D eigenvalue weighted by Crippen LogP contribution is 2.46. The molecule has 4 amide bonds. The van der Waals surface area contributed by atoms with Gasteiger partial charge in [0.15, 0.2) is 4.34 Å². The zero-order chi connectivity index (χ0) is 19.8. The summed E-state index contributed by atoms with van der Waals surface area (Å²) in [6, 6.07) is -0.500. The molecule has 27 heavy (non-hydrogen) atoms. The first-order valence-corrected chi connectivity index (χ1v) is 10.8. The fourth-order valence-electron chi connectivity index (χ4n) is 4.39. The van der Waals surface area contributed by atoms with E-state index in [0.717, 1.165) is 21.4 Å². The van der Waals surface area contributed by atoms with E-state index in [2.05, 4.69) is 41.6 Å². The van der Waals surface area contributed by atoms with Gasteiger partial charge in [-0.05, 0) is 36.3 Å². The van der Waals surface area contributed by atoms with Crippen molar-refractivity contribution in [3.63, 3.8) is 0 Å². The Morgan fingerprint density at radius 1 is 1.37 bits per heavy atom. The van der Waals surface area contributed by atoms with Crippen LogP contribution in [0.1, 0.15) is 47.0 Å². The molecule has 2 atom stereocenters. The third-order valence-corrected chi connectivity index (χ3v) is 6.70. The van der Waals surface area contributed by atoms with Crippen molar-refractivity contribution in [2.24, 2.45) is 11.3 Å². The number of nitrogens with zero attached hydrogens (tertiary/aromatic N) is 3. The van der Waals surface area contributed by atoms with Gasteiger partial charge < -0.3 is 5.32 Å². The number of aromatic nitrogens is 2. The lowest BCUT2D eigenvalue weighted by atomic mass is 9.64. The first-order valence-electron chi connectivity index (χ1n) is 9.04. The summed E-state index contributed by atoms with van der Waals surface area (Å²) in [5, 5.41) is 13.7. The highest BCUT2D eigenvalue weighted by Gasteiger charge is 2.56. The van der Waals surface area contributed by atoms with Crippen LogP contribution in [0.4, 0.5) is 9.93 Å². The summed E-state index contributed by atoms with van der Waals surface area (Å²) in [6.45, 7) is 8.00. The van der Waals surface area contributed by atoms with E-state index in [0.29, 0.717) is 23.9 Å². The maximum Gasteiger partial charge on any atom is 0.325 e. The molecule has 0 bridgehead atoms. The summed E-state index contributed by atoms with van der Waals surface area (Å²) >= 11 is 2.81. The number of rotatable bonds is 5. The molecule has 2 aliphatic rings. The third kappa shape index (κ3) is 4.26. The highest BCUT2D eigenvalue weighted by atomic mass is 32.2. The molecule has 10 heteroatoms. The van der Waals surface area contributed by atoms with E-state index in [1.165, 1.54) is 23.1 Å². The number of hydrogen-bond acceptors (Lipinski definition) is 7. The molecule has 1 aromatic heterocycles. The van der Waals surface area contributed by atoms with Crippen LogP contribution in [-0.4, -0.2) is 50.8 Å². The van der Waals surface area contributed by atoms with Crippen LogP contribution in [0.2, 0.25) is 0 Å². The molecule has 3 rings (SSSR count). The Hall–Kier alpha value is -1.68. The van der Waals surface area contributed by atoms with Crippen molar-refractivity contribution in [1.82, 2.24) is 20.4 Å². The van der Waals surface area contributed by atoms with Crippen molar-refractivity contribution in [2.45, 2.75) is 56.8 Å². The van der Waals surface area contributed by atoms with E-state index in [4.69, 9.17) is 0 Å². The molecule has 148 valence electrons. The first-order chi connectivity index (χ1) is 12.6. The Morgan fingerprint density at radius 2 is 2.11 bits per heavy atom. The molecule has 0 unspecified atom stereocenters. The predicted octanol–water partition coefficient (Wildman–Crippen LogP) is 2.73. The number of imide groups is 1. The van der Waals surface area contributed by atoms with Crippen molar-refractivity contribution in [2.75, 3.05) is 17.6 Å². The Morgan fingerprint density at radius 3 is 2.78 bits per heavy atom. The van der Waals surface area contributed by atoms with Crippen LogP contribution in [0.3, 0.4) is 0 Å². The van der Waals surface area contributed by atoms with E-state index in [1.807, 2.05) is 6.92 Å². The minimum Gasteiger partial charge on any atom is -0.323 e. The maximum absolute atomic E-state index is 13.0. The van der Waals surface area contributed by atoms with Gasteiger partial charge in [0.1, 0.15) is 12.1 Å². The molecule has 8 nitrogen and oxygen atoms in total. The first kappa shape index (κ1) is 20.1. The predicted molar refractivity (Wildman–Crippen MR) is 105 cm³/mol. The second kappa shape index (κ2) is 7.38. The van der Waals surface area contributed by atoms with E-state index >= 15 is 0 Å². The molecular formula is C17H25N5O3S2. The molecule has 0 aromatic carbocycles. The summed E-state index contributed by atoms with van der Waals surface area (Å²) in [4.78, 5) is 38.8. The Kier molecular flexibility index (Phi) is 5.49. The van der Waals surface area contributed by atoms with Crippen LogP contribution in [-0.2, 0) is 9.59 Å². The summed E-state index contributed by atoms with van der Waals surface area (Å²) in [7, 11) is 0. The van der Waals surface area contributed by atoms with Crippen molar-refractivity contribution in [3.05, 3.63) is 0 Å². The number of amides is 4. The van der Waals surface area contributed by atoms with E-state index in [1.54, 1.807) is 0 Å². The van der Waals surface area contributed by atoms with Gasteiger partial charge in [0.2, 0.25) is 11.0 Å². The van der Waals surface area contributed by atoms with Gasteiger partial charge in [-0.1, -0.05) is 50.8 Å². The smallest absolute Gasteiger partial charge is 0.323 e. The standard InChI is InChI=1S/C17H25N5O3S2/c1-5-26-15-21-20-13(27-15)18-11(23)8-22-12(24)17(19-14(22)25)7-10(2)6-16(3,4)9-17/h10H,5-9H2,1-4H3,(H,19,25)(H,18,20,23)/t10-,17-/m1/s1. The molecule has 1 aromatic rings. The minimum atomic E-state index is -0.897. The lowest BCUT2D eigenvalue weighted by Gasteiger charge is -2.43. The number of nitrogens with one attached hydrogen (secondary N) is 2. The van der Waals surface area contributed by atoms with E-state index in [-0.39, 0.29) is 17.9 Å². The van der Waals surface area contributed by atoms with Gasteiger partial charge >= 0.3 is 6.03 Å². The van der Waals surface area contributed by atoms with Crippen molar-refractivity contribution >= 4 is 46.1 Å². The second-order valence-electron chi connectivity index (χ2n) is 8.11. The van der Waals surface area contributed by atoms with Crippen LogP contribution in [0.25, 0.3) is 0 Å². The number of anilines is 1. The zero-order valence-electron chi connectivity index (χ0n) is 16.0. The van der Waals surface area contributed by atoms with E-state index < -0.39 is 17.5 Å². The Bertz CT molecular complexity index is 766. The van der Waals surface area contributed by atoms with Crippen LogP contribution in [0, 0.1) is 11.3 Å². The van der Waals surface area contributed by atoms with Crippen LogP contribution in [0.15, 0.2) is 4.34 Å². The van der Waals surface area contributed by atoms with Crippen molar-refractivity contribution < 1.29 is 14.4 Å². The largest absolute Gasteiger partial charge is 0.325 e.